The van der Waals surface area contributed by atoms with E-state index in [1.165, 1.54) is 12.0 Å². The van der Waals surface area contributed by atoms with Gasteiger partial charge in [-0.2, -0.15) is 5.10 Å². The molecule has 0 aliphatic carbocycles. The van der Waals surface area contributed by atoms with E-state index >= 15 is 0 Å². The zero-order valence-corrected chi connectivity index (χ0v) is 14.7. The average molecular weight is 350 g/mol. The van der Waals surface area contributed by atoms with E-state index in [4.69, 9.17) is 9.52 Å². The molecule has 0 fully saturated rings. The topological polar surface area (TPSA) is 73.9 Å². The Balaban J connectivity index is 1.53. The Morgan fingerprint density at radius 2 is 1.92 bits per heavy atom. The van der Waals surface area contributed by atoms with Crippen LogP contribution >= 0.6 is 0 Å². The number of nitrogens with zero attached hydrogens (tertiary/aromatic N) is 3. The summed E-state index contributed by atoms with van der Waals surface area (Å²) in [5.74, 6) is 0.741. The molecule has 6 nitrogen and oxygen atoms in total. The monoisotopic (exact) mass is 350 g/mol. The lowest BCUT2D eigenvalue weighted by molar-refractivity contribution is 0.217. The van der Waals surface area contributed by atoms with Gasteiger partial charge in [0.15, 0.2) is 12.2 Å². The molecule has 3 rings (SSSR count). The van der Waals surface area contributed by atoms with Crippen LogP contribution in [0.5, 0.6) is 0 Å². The largest absolute Gasteiger partial charge is 0.444 e. The molecular formula is C20H22N4O2. The van der Waals surface area contributed by atoms with Crippen LogP contribution in [0.1, 0.15) is 11.1 Å². The van der Waals surface area contributed by atoms with E-state index < -0.39 is 0 Å². The summed E-state index contributed by atoms with van der Waals surface area (Å²) in [6, 6.07) is 16.0. The first-order valence-electron chi connectivity index (χ1n) is 8.41. The van der Waals surface area contributed by atoms with Gasteiger partial charge in [0.2, 0.25) is 0 Å². The van der Waals surface area contributed by atoms with Crippen LogP contribution in [0.4, 0.5) is 5.69 Å². The van der Waals surface area contributed by atoms with Gasteiger partial charge >= 0.3 is 0 Å². The van der Waals surface area contributed by atoms with Gasteiger partial charge in [0.25, 0.3) is 0 Å². The van der Waals surface area contributed by atoms with E-state index in [-0.39, 0.29) is 6.61 Å². The Morgan fingerprint density at radius 1 is 1.15 bits per heavy atom. The highest BCUT2D eigenvalue weighted by Crippen LogP contribution is 2.20. The Hall–Kier alpha value is -2.96. The molecule has 1 aromatic heterocycles. The van der Waals surface area contributed by atoms with Crippen LogP contribution < -0.4 is 5.43 Å². The fraction of sp³-hybridized carbons (Fsp3) is 0.200. The second-order valence-corrected chi connectivity index (χ2v) is 6.02. The van der Waals surface area contributed by atoms with Crippen LogP contribution in [-0.2, 0) is 6.54 Å². The Kier molecular flexibility index (Phi) is 6.14. The van der Waals surface area contributed by atoms with E-state index in [9.17, 15) is 0 Å². The van der Waals surface area contributed by atoms with E-state index in [1.807, 2.05) is 43.4 Å². The van der Waals surface area contributed by atoms with Crippen LogP contribution in [-0.4, -0.2) is 41.4 Å². The Labute approximate surface area is 152 Å². The second-order valence-electron chi connectivity index (χ2n) is 6.02. The van der Waals surface area contributed by atoms with Crippen LogP contribution in [0.3, 0.4) is 0 Å². The maximum Gasteiger partial charge on any atom is 0.181 e. The Morgan fingerprint density at radius 3 is 2.58 bits per heavy atom. The van der Waals surface area contributed by atoms with Crippen molar-refractivity contribution in [2.45, 2.75) is 6.54 Å². The van der Waals surface area contributed by atoms with Gasteiger partial charge in [-0.05, 0) is 42.4 Å². The summed E-state index contributed by atoms with van der Waals surface area (Å²) in [7, 11) is 1.99. The van der Waals surface area contributed by atoms with Gasteiger partial charge in [0.1, 0.15) is 0 Å². The number of rotatable bonds is 8. The summed E-state index contributed by atoms with van der Waals surface area (Å²) >= 11 is 0. The summed E-state index contributed by atoms with van der Waals surface area (Å²) in [6.45, 7) is 1.66. The lowest BCUT2D eigenvalue weighted by Gasteiger charge is -2.14. The molecule has 0 saturated heterocycles. The molecule has 1 heterocycles. The molecule has 0 unspecified atom stereocenters. The number of aromatic nitrogens is 1. The van der Waals surface area contributed by atoms with Gasteiger partial charge in [-0.25, -0.2) is 4.98 Å². The maximum absolute atomic E-state index is 8.94. The van der Waals surface area contributed by atoms with Gasteiger partial charge < -0.3 is 9.52 Å². The quantitative estimate of drug-likeness (QED) is 0.482. The predicted octanol–water partition coefficient (Wildman–Crippen LogP) is 3.21. The van der Waals surface area contributed by atoms with Gasteiger partial charge in [-0.1, -0.05) is 24.3 Å². The van der Waals surface area contributed by atoms with Crippen molar-refractivity contribution in [2.75, 3.05) is 25.6 Å². The maximum atomic E-state index is 8.94. The van der Waals surface area contributed by atoms with Crippen molar-refractivity contribution in [2.24, 2.45) is 5.10 Å². The zero-order chi connectivity index (χ0) is 18.2. The smallest absolute Gasteiger partial charge is 0.181 e. The number of aliphatic hydroxyl groups is 1. The summed E-state index contributed by atoms with van der Waals surface area (Å²) in [5.41, 5.74) is 7.10. The average Bonchev–Trinajstić information content (AvgIpc) is 3.19. The van der Waals surface area contributed by atoms with Crippen LogP contribution in [0.25, 0.3) is 11.3 Å². The van der Waals surface area contributed by atoms with Gasteiger partial charge in [-0.15, -0.1) is 0 Å². The van der Waals surface area contributed by atoms with Gasteiger partial charge in [0, 0.05) is 18.7 Å². The van der Waals surface area contributed by atoms with Crippen molar-refractivity contribution in [1.82, 2.24) is 9.88 Å². The van der Waals surface area contributed by atoms with Gasteiger partial charge in [-0.3, -0.25) is 10.3 Å². The lowest BCUT2D eigenvalue weighted by Crippen LogP contribution is -2.21. The van der Waals surface area contributed by atoms with Crippen molar-refractivity contribution >= 4 is 11.9 Å². The molecule has 3 aromatic rings. The molecule has 26 heavy (non-hydrogen) atoms. The number of benzene rings is 2. The fourth-order valence-electron chi connectivity index (χ4n) is 2.52. The van der Waals surface area contributed by atoms with E-state index in [1.54, 1.807) is 12.4 Å². The van der Waals surface area contributed by atoms with Crippen LogP contribution in [0, 0.1) is 0 Å². The predicted molar refractivity (Wildman–Crippen MR) is 103 cm³/mol. The fourth-order valence-corrected chi connectivity index (χ4v) is 2.52. The number of oxazole rings is 1. The first-order chi connectivity index (χ1) is 12.7. The van der Waals surface area contributed by atoms with Crippen LogP contribution in [0.15, 0.2) is 70.6 Å². The van der Waals surface area contributed by atoms with Crippen LogP contribution in [0.2, 0.25) is 0 Å². The zero-order valence-electron chi connectivity index (χ0n) is 14.7. The number of hydrazone groups is 1. The third kappa shape index (κ3) is 5.02. The second kappa shape index (κ2) is 8.94. The lowest BCUT2D eigenvalue weighted by atomic mass is 10.1. The number of hydrogen-bond donors (Lipinski definition) is 2. The summed E-state index contributed by atoms with van der Waals surface area (Å²) in [4.78, 5) is 5.99. The summed E-state index contributed by atoms with van der Waals surface area (Å²) < 4.78 is 5.27. The SMILES string of the molecule is CN(CCO)Cc1ccc(/C=N/Nc2ccc(-c3cnco3)cc2)cc1. The normalized spacial score (nSPS) is 11.3. The minimum Gasteiger partial charge on any atom is -0.444 e. The van der Waals surface area contributed by atoms with Crippen molar-refractivity contribution in [3.63, 3.8) is 0 Å². The molecule has 6 heteroatoms. The van der Waals surface area contributed by atoms with E-state index in [2.05, 4.69) is 32.5 Å². The van der Waals surface area contributed by atoms with E-state index in [0.29, 0.717) is 6.54 Å². The number of aliphatic hydroxyl groups excluding tert-OH is 1. The van der Waals surface area contributed by atoms with Crippen molar-refractivity contribution in [3.05, 3.63) is 72.2 Å². The molecule has 0 saturated carbocycles. The first kappa shape index (κ1) is 17.8. The highest BCUT2D eigenvalue weighted by molar-refractivity contribution is 5.80. The molecular weight excluding hydrogens is 328 g/mol. The molecule has 2 aromatic carbocycles. The molecule has 134 valence electrons. The molecule has 0 bridgehead atoms. The molecule has 0 aliphatic heterocycles. The van der Waals surface area contributed by atoms with E-state index in [0.717, 1.165) is 29.1 Å². The van der Waals surface area contributed by atoms with Crippen molar-refractivity contribution in [3.8, 4) is 11.3 Å². The summed E-state index contributed by atoms with van der Waals surface area (Å²) in [6.07, 6.45) is 4.89. The molecule has 0 atom stereocenters. The Bertz CT molecular complexity index is 812. The highest BCUT2D eigenvalue weighted by atomic mass is 16.3. The summed E-state index contributed by atoms with van der Waals surface area (Å²) in [5, 5.41) is 13.2. The minimum atomic E-state index is 0.173. The molecule has 0 spiro atoms. The molecule has 0 aliphatic rings. The third-order valence-corrected chi connectivity index (χ3v) is 3.92. The molecule has 0 amide bonds. The number of hydrogen-bond acceptors (Lipinski definition) is 6. The highest BCUT2D eigenvalue weighted by Gasteiger charge is 2.01. The first-order valence-corrected chi connectivity index (χ1v) is 8.41. The van der Waals surface area contributed by atoms with Crippen molar-refractivity contribution < 1.29 is 9.52 Å². The molecule has 2 N–H and O–H groups in total. The van der Waals surface area contributed by atoms with Gasteiger partial charge in [0.05, 0.1) is 24.7 Å². The molecule has 0 radical (unpaired) electrons. The number of likely N-dealkylation sites (N-methyl/N-ethyl adjacent to an activating group) is 1. The number of nitrogens with one attached hydrogen (secondary N) is 1. The minimum absolute atomic E-state index is 0.173. The standard InChI is InChI=1S/C20H22N4O2/c1-24(10-11-25)14-17-4-2-16(3-5-17)12-22-23-19-8-6-18(7-9-19)20-13-21-15-26-20/h2-9,12-13,15,23,25H,10-11,14H2,1H3/b22-12+. The van der Waals surface area contributed by atoms with Crippen molar-refractivity contribution in [1.29, 1.82) is 0 Å². The third-order valence-electron chi connectivity index (χ3n) is 3.92. The number of anilines is 1.